The van der Waals surface area contributed by atoms with E-state index in [1.165, 1.54) is 0 Å². The molecule has 6 nitrogen and oxygen atoms in total. The molecule has 0 bridgehead atoms. The predicted octanol–water partition coefficient (Wildman–Crippen LogP) is 1.74. The number of aromatic nitrogens is 1. The maximum Gasteiger partial charge on any atom is 0.244 e. The summed E-state index contributed by atoms with van der Waals surface area (Å²) < 4.78 is 34.6. The Hall–Kier alpha value is -1.83. The van der Waals surface area contributed by atoms with E-state index in [4.69, 9.17) is 4.74 Å². The highest BCUT2D eigenvalue weighted by atomic mass is 32.2. The van der Waals surface area contributed by atoms with Gasteiger partial charge in [-0.05, 0) is 43.7 Å². The van der Waals surface area contributed by atoms with Crippen LogP contribution in [0.25, 0.3) is 0 Å². The fraction of sp³-hybridized carbons (Fsp3) is 0.375. The van der Waals surface area contributed by atoms with Gasteiger partial charge in [0.1, 0.15) is 16.7 Å². The molecule has 2 rings (SSSR count). The van der Waals surface area contributed by atoms with Crippen LogP contribution in [0.3, 0.4) is 0 Å². The smallest absolute Gasteiger partial charge is 0.244 e. The molecule has 0 aliphatic heterocycles. The summed E-state index contributed by atoms with van der Waals surface area (Å²) in [7, 11) is -1.99. The van der Waals surface area contributed by atoms with Gasteiger partial charge in [-0.15, -0.1) is 0 Å². The SMILES string of the molecule is CCOc1ccc(C)cc1S(=O)(=O)NCC(O)c1cccn1C. The molecule has 2 N–H and O–H groups in total. The Balaban J connectivity index is 2.19. The van der Waals surface area contributed by atoms with Crippen LogP contribution in [0, 0.1) is 6.92 Å². The van der Waals surface area contributed by atoms with Gasteiger partial charge in [0.05, 0.1) is 6.61 Å². The molecule has 0 fully saturated rings. The molecule has 1 heterocycles. The van der Waals surface area contributed by atoms with Crippen LogP contribution in [0.2, 0.25) is 0 Å². The number of hydrogen-bond donors (Lipinski definition) is 2. The van der Waals surface area contributed by atoms with Crippen molar-refractivity contribution in [2.24, 2.45) is 7.05 Å². The summed E-state index contributed by atoms with van der Waals surface area (Å²) >= 11 is 0. The van der Waals surface area contributed by atoms with E-state index >= 15 is 0 Å². The molecule has 0 saturated carbocycles. The number of aliphatic hydroxyl groups excluding tert-OH is 1. The Morgan fingerprint density at radius 2 is 2.09 bits per heavy atom. The molecular formula is C16H22N2O4S. The van der Waals surface area contributed by atoms with Crippen molar-refractivity contribution in [2.45, 2.75) is 24.8 Å². The molecule has 23 heavy (non-hydrogen) atoms. The van der Waals surface area contributed by atoms with E-state index in [-0.39, 0.29) is 11.4 Å². The molecule has 0 spiro atoms. The first-order chi connectivity index (χ1) is 10.8. The maximum atomic E-state index is 12.5. The number of aryl methyl sites for hydroxylation is 2. The average Bonchev–Trinajstić information content (AvgIpc) is 2.93. The molecule has 0 aliphatic rings. The Bertz CT molecular complexity index is 768. The number of nitrogens with one attached hydrogen (secondary N) is 1. The van der Waals surface area contributed by atoms with Gasteiger partial charge in [0.25, 0.3) is 0 Å². The van der Waals surface area contributed by atoms with Crippen molar-refractivity contribution in [3.05, 3.63) is 47.8 Å². The highest BCUT2D eigenvalue weighted by molar-refractivity contribution is 7.89. The number of hydrogen-bond acceptors (Lipinski definition) is 4. The number of sulfonamides is 1. The fourth-order valence-electron chi connectivity index (χ4n) is 2.29. The third-order valence-electron chi connectivity index (χ3n) is 3.48. The van der Waals surface area contributed by atoms with Gasteiger partial charge in [-0.1, -0.05) is 6.07 Å². The second kappa shape index (κ2) is 7.16. The molecular weight excluding hydrogens is 316 g/mol. The Morgan fingerprint density at radius 1 is 1.35 bits per heavy atom. The maximum absolute atomic E-state index is 12.5. The summed E-state index contributed by atoms with van der Waals surface area (Å²) in [6.45, 7) is 3.87. The van der Waals surface area contributed by atoms with Crippen molar-refractivity contribution in [3.63, 3.8) is 0 Å². The Morgan fingerprint density at radius 3 is 2.70 bits per heavy atom. The topological polar surface area (TPSA) is 80.6 Å². The lowest BCUT2D eigenvalue weighted by molar-refractivity contribution is 0.173. The summed E-state index contributed by atoms with van der Waals surface area (Å²) in [5.41, 5.74) is 1.46. The van der Waals surface area contributed by atoms with Gasteiger partial charge in [0.2, 0.25) is 10.0 Å². The minimum Gasteiger partial charge on any atom is -0.492 e. The van der Waals surface area contributed by atoms with Crippen molar-refractivity contribution in [2.75, 3.05) is 13.2 Å². The molecule has 1 aromatic carbocycles. The summed E-state index contributed by atoms with van der Waals surface area (Å²) in [5, 5.41) is 10.1. The van der Waals surface area contributed by atoms with Crippen molar-refractivity contribution in [3.8, 4) is 5.75 Å². The number of rotatable bonds is 7. The van der Waals surface area contributed by atoms with Crippen LogP contribution in [0.5, 0.6) is 5.75 Å². The Kier molecular flexibility index (Phi) is 5.46. The normalized spacial score (nSPS) is 13.0. The van der Waals surface area contributed by atoms with Crippen molar-refractivity contribution >= 4 is 10.0 Å². The number of ether oxygens (including phenoxy) is 1. The number of nitrogens with zero attached hydrogens (tertiary/aromatic N) is 1. The zero-order valence-corrected chi connectivity index (χ0v) is 14.3. The summed E-state index contributed by atoms with van der Waals surface area (Å²) in [4.78, 5) is 0.0819. The monoisotopic (exact) mass is 338 g/mol. The highest BCUT2D eigenvalue weighted by Gasteiger charge is 2.22. The van der Waals surface area contributed by atoms with Crippen LogP contribution < -0.4 is 9.46 Å². The largest absolute Gasteiger partial charge is 0.492 e. The van der Waals surface area contributed by atoms with Gasteiger partial charge < -0.3 is 14.4 Å². The summed E-state index contributed by atoms with van der Waals surface area (Å²) in [6, 6.07) is 8.53. The van der Waals surface area contributed by atoms with Gasteiger partial charge in [0, 0.05) is 25.5 Å². The molecule has 7 heteroatoms. The first-order valence-electron chi connectivity index (χ1n) is 7.37. The average molecular weight is 338 g/mol. The van der Waals surface area contributed by atoms with Crippen LogP contribution in [-0.4, -0.2) is 31.2 Å². The van der Waals surface area contributed by atoms with E-state index in [1.54, 1.807) is 55.1 Å². The van der Waals surface area contributed by atoms with Crippen LogP contribution in [-0.2, 0) is 17.1 Å². The van der Waals surface area contributed by atoms with E-state index in [2.05, 4.69) is 4.72 Å². The van der Waals surface area contributed by atoms with Crippen molar-refractivity contribution in [1.82, 2.24) is 9.29 Å². The number of aliphatic hydroxyl groups is 1. The second-order valence-corrected chi connectivity index (χ2v) is 7.03. The first kappa shape index (κ1) is 17.5. The van der Waals surface area contributed by atoms with E-state index in [0.29, 0.717) is 18.1 Å². The zero-order chi connectivity index (χ0) is 17.0. The second-order valence-electron chi connectivity index (χ2n) is 5.29. The van der Waals surface area contributed by atoms with E-state index in [1.807, 2.05) is 6.92 Å². The number of benzene rings is 1. The first-order valence-corrected chi connectivity index (χ1v) is 8.86. The van der Waals surface area contributed by atoms with Crippen molar-refractivity contribution in [1.29, 1.82) is 0 Å². The molecule has 0 saturated heterocycles. The third kappa shape index (κ3) is 4.13. The summed E-state index contributed by atoms with van der Waals surface area (Å²) in [6.07, 6.45) is 0.867. The van der Waals surface area contributed by atoms with E-state index in [9.17, 15) is 13.5 Å². The van der Waals surface area contributed by atoms with Gasteiger partial charge in [-0.3, -0.25) is 0 Å². The van der Waals surface area contributed by atoms with Crippen LogP contribution in [0.4, 0.5) is 0 Å². The molecule has 126 valence electrons. The minimum atomic E-state index is -3.78. The summed E-state index contributed by atoms with van der Waals surface area (Å²) in [5.74, 6) is 0.305. The molecule has 1 aromatic heterocycles. The van der Waals surface area contributed by atoms with Crippen LogP contribution in [0.15, 0.2) is 41.4 Å². The molecule has 0 radical (unpaired) electrons. The van der Waals surface area contributed by atoms with E-state index in [0.717, 1.165) is 5.56 Å². The van der Waals surface area contributed by atoms with Crippen LogP contribution >= 0.6 is 0 Å². The highest BCUT2D eigenvalue weighted by Crippen LogP contribution is 2.25. The fourth-order valence-corrected chi connectivity index (χ4v) is 3.56. The lowest BCUT2D eigenvalue weighted by Crippen LogP contribution is -2.29. The standard InChI is InChI=1S/C16H22N2O4S/c1-4-22-15-8-7-12(2)10-16(15)23(20,21)17-11-14(19)13-6-5-9-18(13)3/h5-10,14,17,19H,4,11H2,1-3H3. The minimum absolute atomic E-state index is 0.0819. The van der Waals surface area contributed by atoms with Gasteiger partial charge in [0.15, 0.2) is 0 Å². The third-order valence-corrected chi connectivity index (χ3v) is 4.93. The lowest BCUT2D eigenvalue weighted by Gasteiger charge is -2.15. The molecule has 0 amide bonds. The van der Waals surface area contributed by atoms with Crippen molar-refractivity contribution < 1.29 is 18.3 Å². The molecule has 2 aromatic rings. The Labute approximate surface area is 136 Å². The van der Waals surface area contributed by atoms with E-state index < -0.39 is 16.1 Å². The van der Waals surface area contributed by atoms with Crippen LogP contribution in [0.1, 0.15) is 24.3 Å². The molecule has 0 aliphatic carbocycles. The molecule has 1 unspecified atom stereocenters. The zero-order valence-electron chi connectivity index (χ0n) is 13.5. The van der Waals surface area contributed by atoms with Gasteiger partial charge in [-0.2, -0.15) is 0 Å². The lowest BCUT2D eigenvalue weighted by atomic mass is 10.2. The quantitative estimate of drug-likeness (QED) is 0.806. The predicted molar refractivity (Wildman–Crippen MR) is 87.9 cm³/mol. The van der Waals surface area contributed by atoms with Gasteiger partial charge in [-0.25, -0.2) is 13.1 Å². The molecule has 1 atom stereocenters. The van der Waals surface area contributed by atoms with Gasteiger partial charge >= 0.3 is 0 Å².